The number of phenols is 1. The summed E-state index contributed by atoms with van der Waals surface area (Å²) in [5, 5.41) is 16.0. The average Bonchev–Trinajstić information content (AvgIpc) is 2.70. The van der Waals surface area contributed by atoms with Crippen molar-refractivity contribution in [3.05, 3.63) is 65.7 Å². The van der Waals surface area contributed by atoms with E-state index in [0.29, 0.717) is 22.8 Å². The molecule has 3 rings (SSSR count). The minimum absolute atomic E-state index is 0.0991. The molecule has 0 heterocycles. The second-order valence-corrected chi connectivity index (χ2v) is 5.92. The Hall–Kier alpha value is -3.54. The number of phenolic OH excluding ortho intramolecular Hbond substituents is 1. The summed E-state index contributed by atoms with van der Waals surface area (Å²) in [5.41, 5.74) is 3.88. The minimum Gasteiger partial charge on any atom is -0.507 e. The van der Waals surface area contributed by atoms with Crippen molar-refractivity contribution in [2.24, 2.45) is 5.10 Å². The fraction of sp³-hybridized carbons (Fsp3) is 0.143. The number of hydrogen-bond donors (Lipinski definition) is 2. The predicted octanol–water partition coefficient (Wildman–Crippen LogP) is 3.72. The number of nitrogens with one attached hydrogen (secondary N) is 1. The summed E-state index contributed by atoms with van der Waals surface area (Å²) in [5.74, 6) is 0.663. The van der Waals surface area contributed by atoms with Crippen molar-refractivity contribution in [1.82, 2.24) is 5.43 Å². The lowest BCUT2D eigenvalue weighted by Gasteiger charge is -2.11. The summed E-state index contributed by atoms with van der Waals surface area (Å²) < 4.78 is 10.6. The van der Waals surface area contributed by atoms with E-state index < -0.39 is 5.91 Å². The third-order valence-electron chi connectivity index (χ3n) is 4.23. The first-order valence-electron chi connectivity index (χ1n) is 8.32. The van der Waals surface area contributed by atoms with Crippen LogP contribution in [0.4, 0.5) is 0 Å². The third kappa shape index (κ3) is 3.84. The lowest BCUT2D eigenvalue weighted by atomic mass is 10.1. The molecule has 3 aromatic rings. The normalized spacial score (nSPS) is 11.3. The number of benzene rings is 3. The second kappa shape index (κ2) is 7.78. The van der Waals surface area contributed by atoms with E-state index in [1.54, 1.807) is 51.5 Å². The minimum atomic E-state index is -0.500. The van der Waals surface area contributed by atoms with Crippen molar-refractivity contribution >= 4 is 22.4 Å². The number of hydrogen-bond acceptors (Lipinski definition) is 5. The first kappa shape index (κ1) is 18.3. The van der Waals surface area contributed by atoms with Crippen LogP contribution in [0.5, 0.6) is 17.2 Å². The number of carbonyl (C=O) groups excluding carboxylic acids is 1. The highest BCUT2D eigenvalue weighted by molar-refractivity contribution is 6.04. The van der Waals surface area contributed by atoms with Crippen LogP contribution < -0.4 is 14.9 Å². The SMILES string of the molecule is COc1ccc(OC)c(/C(C)=N\NC(=O)c2cc3ccccc3cc2O)c1. The van der Waals surface area contributed by atoms with Crippen molar-refractivity contribution in [3.63, 3.8) is 0 Å². The van der Waals surface area contributed by atoms with Crippen molar-refractivity contribution in [1.29, 1.82) is 0 Å². The fourth-order valence-electron chi connectivity index (χ4n) is 2.76. The molecule has 27 heavy (non-hydrogen) atoms. The molecule has 6 heteroatoms. The molecule has 0 radical (unpaired) electrons. The van der Waals surface area contributed by atoms with Crippen LogP contribution >= 0.6 is 0 Å². The Morgan fingerprint density at radius 2 is 1.67 bits per heavy atom. The van der Waals surface area contributed by atoms with Gasteiger partial charge in [-0.15, -0.1) is 0 Å². The number of ether oxygens (including phenoxy) is 2. The van der Waals surface area contributed by atoms with E-state index in [1.165, 1.54) is 0 Å². The van der Waals surface area contributed by atoms with Gasteiger partial charge in [-0.25, -0.2) is 5.43 Å². The molecule has 0 aliphatic heterocycles. The number of fused-ring (bicyclic) bond motifs is 1. The molecule has 1 amide bonds. The number of carbonyl (C=O) groups is 1. The van der Waals surface area contributed by atoms with Crippen LogP contribution in [0.2, 0.25) is 0 Å². The van der Waals surface area contributed by atoms with Crippen molar-refractivity contribution in [2.45, 2.75) is 6.92 Å². The van der Waals surface area contributed by atoms with Crippen LogP contribution in [0.25, 0.3) is 10.8 Å². The molecule has 2 N–H and O–H groups in total. The van der Waals surface area contributed by atoms with Gasteiger partial charge < -0.3 is 14.6 Å². The summed E-state index contributed by atoms with van der Waals surface area (Å²) in [7, 11) is 3.13. The van der Waals surface area contributed by atoms with Gasteiger partial charge in [-0.2, -0.15) is 5.10 Å². The van der Waals surface area contributed by atoms with Crippen LogP contribution in [-0.2, 0) is 0 Å². The fourth-order valence-corrected chi connectivity index (χ4v) is 2.76. The maximum absolute atomic E-state index is 12.5. The Bertz CT molecular complexity index is 1030. The summed E-state index contributed by atoms with van der Waals surface area (Å²) in [6.07, 6.45) is 0. The quantitative estimate of drug-likeness (QED) is 0.534. The number of aromatic hydroxyl groups is 1. The highest BCUT2D eigenvalue weighted by Gasteiger charge is 2.13. The largest absolute Gasteiger partial charge is 0.507 e. The second-order valence-electron chi connectivity index (χ2n) is 5.92. The lowest BCUT2D eigenvalue weighted by Crippen LogP contribution is -2.19. The molecule has 0 aromatic heterocycles. The topological polar surface area (TPSA) is 80.2 Å². The maximum Gasteiger partial charge on any atom is 0.275 e. The van der Waals surface area contributed by atoms with Crippen LogP contribution in [-0.4, -0.2) is 30.9 Å². The van der Waals surface area contributed by atoms with E-state index in [9.17, 15) is 9.90 Å². The average molecular weight is 364 g/mol. The van der Waals surface area contributed by atoms with Gasteiger partial charge in [0.15, 0.2) is 0 Å². The predicted molar refractivity (Wildman–Crippen MR) is 105 cm³/mol. The van der Waals surface area contributed by atoms with Gasteiger partial charge >= 0.3 is 0 Å². The van der Waals surface area contributed by atoms with Crippen LogP contribution in [0.15, 0.2) is 59.7 Å². The van der Waals surface area contributed by atoms with Crippen LogP contribution in [0.3, 0.4) is 0 Å². The lowest BCUT2D eigenvalue weighted by molar-refractivity contribution is 0.0952. The van der Waals surface area contributed by atoms with E-state index >= 15 is 0 Å². The van der Waals surface area contributed by atoms with Gasteiger partial charge in [0.2, 0.25) is 0 Å². The molecule has 0 spiro atoms. The van der Waals surface area contributed by atoms with Gasteiger partial charge in [0.1, 0.15) is 17.2 Å². The zero-order chi connectivity index (χ0) is 19.4. The summed E-state index contributed by atoms with van der Waals surface area (Å²) >= 11 is 0. The number of methoxy groups -OCH3 is 2. The standard InChI is InChI=1S/C21H20N2O4/c1-13(17-12-16(26-2)8-9-20(17)27-3)22-23-21(25)18-10-14-6-4-5-7-15(14)11-19(18)24/h4-12,24H,1-3H3,(H,23,25)/b22-13-. The zero-order valence-corrected chi connectivity index (χ0v) is 15.3. The molecule has 0 saturated carbocycles. The van der Waals surface area contributed by atoms with E-state index in [0.717, 1.165) is 10.8 Å². The molecule has 0 atom stereocenters. The highest BCUT2D eigenvalue weighted by atomic mass is 16.5. The molecular weight excluding hydrogens is 344 g/mol. The smallest absolute Gasteiger partial charge is 0.275 e. The summed E-state index contributed by atoms with van der Waals surface area (Å²) in [6, 6.07) is 16.0. The van der Waals surface area contributed by atoms with E-state index in [1.807, 2.05) is 24.3 Å². The molecule has 3 aromatic carbocycles. The molecule has 0 bridgehead atoms. The van der Waals surface area contributed by atoms with E-state index in [-0.39, 0.29) is 11.3 Å². The molecule has 0 saturated heterocycles. The first-order valence-corrected chi connectivity index (χ1v) is 8.32. The molecule has 138 valence electrons. The molecule has 0 aliphatic carbocycles. The zero-order valence-electron chi connectivity index (χ0n) is 15.3. The van der Waals surface area contributed by atoms with Crippen LogP contribution in [0, 0.1) is 0 Å². The molecule has 0 aliphatic rings. The Morgan fingerprint density at radius 3 is 2.33 bits per heavy atom. The number of amides is 1. The van der Waals surface area contributed by atoms with E-state index in [2.05, 4.69) is 10.5 Å². The van der Waals surface area contributed by atoms with Crippen molar-refractivity contribution in [2.75, 3.05) is 14.2 Å². The van der Waals surface area contributed by atoms with Crippen LogP contribution in [0.1, 0.15) is 22.8 Å². The highest BCUT2D eigenvalue weighted by Crippen LogP contribution is 2.26. The summed E-state index contributed by atoms with van der Waals surface area (Å²) in [4.78, 5) is 12.5. The number of rotatable bonds is 5. The number of hydrazone groups is 1. The summed E-state index contributed by atoms with van der Waals surface area (Å²) in [6.45, 7) is 1.75. The maximum atomic E-state index is 12.5. The van der Waals surface area contributed by atoms with Gasteiger partial charge in [-0.1, -0.05) is 24.3 Å². The van der Waals surface area contributed by atoms with Gasteiger partial charge in [0, 0.05) is 5.56 Å². The molecular formula is C21H20N2O4. The molecule has 0 fully saturated rings. The molecule has 6 nitrogen and oxygen atoms in total. The van der Waals surface area contributed by atoms with Gasteiger partial charge in [0.25, 0.3) is 5.91 Å². The Kier molecular flexibility index (Phi) is 5.26. The van der Waals surface area contributed by atoms with Crippen molar-refractivity contribution < 1.29 is 19.4 Å². The first-order chi connectivity index (χ1) is 13.0. The van der Waals surface area contributed by atoms with E-state index in [4.69, 9.17) is 9.47 Å². The Balaban J connectivity index is 1.87. The van der Waals surface area contributed by atoms with Gasteiger partial charge in [0.05, 0.1) is 25.5 Å². The van der Waals surface area contributed by atoms with Gasteiger partial charge in [-0.3, -0.25) is 4.79 Å². The third-order valence-corrected chi connectivity index (χ3v) is 4.23. The van der Waals surface area contributed by atoms with Gasteiger partial charge in [-0.05, 0) is 48.0 Å². The monoisotopic (exact) mass is 364 g/mol. The Morgan fingerprint density at radius 1 is 0.963 bits per heavy atom. The number of nitrogens with zero attached hydrogens (tertiary/aromatic N) is 1. The van der Waals surface area contributed by atoms with Crippen molar-refractivity contribution in [3.8, 4) is 17.2 Å². The molecule has 0 unspecified atom stereocenters. The Labute approximate surface area is 157 Å².